The largest absolute Gasteiger partial charge is 0.309 e. The molecule has 0 N–H and O–H groups in total. The van der Waals surface area contributed by atoms with Gasteiger partial charge >= 0.3 is 0 Å². The van der Waals surface area contributed by atoms with Gasteiger partial charge in [-0.15, -0.1) is 0 Å². The summed E-state index contributed by atoms with van der Waals surface area (Å²) in [5.74, 6) is 0.644. The highest BCUT2D eigenvalue weighted by Gasteiger charge is 2.18. The third kappa shape index (κ3) is 5.57. The van der Waals surface area contributed by atoms with Crippen molar-refractivity contribution in [3.8, 4) is 50.8 Å². The van der Waals surface area contributed by atoms with Gasteiger partial charge in [0.2, 0.25) is 5.95 Å². The van der Waals surface area contributed by atoms with E-state index < -0.39 is 0 Å². The van der Waals surface area contributed by atoms with Crippen LogP contribution < -0.4 is 0 Å². The maximum absolute atomic E-state index is 5.21. The van der Waals surface area contributed by atoms with E-state index >= 15 is 0 Å². The van der Waals surface area contributed by atoms with Crippen molar-refractivity contribution < 1.29 is 0 Å². The van der Waals surface area contributed by atoms with E-state index in [-0.39, 0.29) is 0 Å². The highest BCUT2D eigenvalue weighted by atomic mass is 15.2. The van der Waals surface area contributed by atoms with Gasteiger partial charge in [-0.25, -0.2) is 9.97 Å². The van der Waals surface area contributed by atoms with Crippen molar-refractivity contribution in [2.45, 2.75) is 0 Å². The Morgan fingerprint density at radius 2 is 0.635 bits per heavy atom. The number of benzene rings is 9. The third-order valence-corrected chi connectivity index (χ3v) is 12.7. The number of rotatable bonds is 6. The fraction of sp³-hybridized carbons (Fsp3) is 0. The smallest absolute Gasteiger partial charge is 0.235 e. The lowest BCUT2D eigenvalue weighted by atomic mass is 10.0. The van der Waals surface area contributed by atoms with Crippen LogP contribution in [0.4, 0.5) is 0 Å². The highest BCUT2D eigenvalue weighted by molar-refractivity contribution is 6.13. The molecule has 0 saturated carbocycles. The van der Waals surface area contributed by atoms with Crippen LogP contribution in [0.25, 0.3) is 116 Å². The molecule has 63 heavy (non-hydrogen) atoms. The number of fused-ring (bicyclic) bond motifs is 9. The lowest BCUT2D eigenvalue weighted by Gasteiger charge is -2.10. The van der Waals surface area contributed by atoms with Crippen LogP contribution >= 0.6 is 0 Å². The van der Waals surface area contributed by atoms with Gasteiger partial charge in [-0.3, -0.25) is 4.57 Å². The summed E-state index contributed by atoms with van der Waals surface area (Å²) in [6.07, 6.45) is 1.87. The second-order valence-corrected chi connectivity index (χ2v) is 16.2. The van der Waals surface area contributed by atoms with Gasteiger partial charge in [0, 0.05) is 55.5 Å². The summed E-state index contributed by atoms with van der Waals surface area (Å²) in [5, 5.41) is 7.29. The summed E-state index contributed by atoms with van der Waals surface area (Å²) in [5.41, 5.74) is 15.9. The van der Waals surface area contributed by atoms with Crippen molar-refractivity contribution in [2.24, 2.45) is 0 Å². The number of aromatic nitrogens is 5. The van der Waals surface area contributed by atoms with Crippen LogP contribution in [0.15, 0.2) is 225 Å². The number of nitrogens with zero attached hydrogens (tertiary/aromatic N) is 5. The minimum Gasteiger partial charge on any atom is -0.309 e. The molecule has 5 heteroatoms. The Morgan fingerprint density at radius 3 is 1.13 bits per heavy atom. The summed E-state index contributed by atoms with van der Waals surface area (Å²) in [4.78, 5) is 10.1. The molecule has 4 aromatic heterocycles. The second kappa shape index (κ2) is 14.0. The Bertz CT molecular complexity index is 3890. The van der Waals surface area contributed by atoms with Crippen molar-refractivity contribution >= 4 is 65.4 Å². The number of hydrogen-bond acceptors (Lipinski definition) is 2. The van der Waals surface area contributed by atoms with E-state index in [0.717, 1.165) is 44.6 Å². The number of para-hydroxylation sites is 5. The molecule has 0 radical (unpaired) electrons. The SMILES string of the molecule is c1ccc(-n2c3ccccc3c3cc(-c4ccc(-c5ccnc(-n6c7ccccc7c7cc(-c8ccc9c(c8)c8ccccc8n9-c8ccccc8)ccc76)n5)cc4)ccc32)cc1. The Morgan fingerprint density at radius 1 is 0.270 bits per heavy atom. The molecule has 0 aliphatic heterocycles. The van der Waals surface area contributed by atoms with E-state index in [9.17, 15) is 0 Å². The Hall–Kier alpha value is -8.54. The topological polar surface area (TPSA) is 40.6 Å². The van der Waals surface area contributed by atoms with Crippen LogP contribution in [0.2, 0.25) is 0 Å². The molecular formula is C58H37N5. The molecular weight excluding hydrogens is 767 g/mol. The fourth-order valence-corrected chi connectivity index (χ4v) is 9.83. The first-order valence-corrected chi connectivity index (χ1v) is 21.4. The molecule has 9 aromatic carbocycles. The van der Waals surface area contributed by atoms with Gasteiger partial charge in [0.25, 0.3) is 0 Å². The minimum atomic E-state index is 0.644. The molecule has 0 unspecified atom stereocenters. The lowest BCUT2D eigenvalue weighted by Crippen LogP contribution is -2.01. The van der Waals surface area contributed by atoms with Gasteiger partial charge in [0.1, 0.15) is 0 Å². The first-order valence-electron chi connectivity index (χ1n) is 21.4. The van der Waals surface area contributed by atoms with Crippen molar-refractivity contribution in [1.29, 1.82) is 0 Å². The molecule has 294 valence electrons. The van der Waals surface area contributed by atoms with Crippen LogP contribution in [-0.2, 0) is 0 Å². The molecule has 0 fully saturated rings. The van der Waals surface area contributed by atoms with E-state index in [2.05, 4.69) is 226 Å². The maximum atomic E-state index is 5.21. The Kier molecular flexibility index (Phi) is 7.84. The minimum absolute atomic E-state index is 0.644. The molecule has 0 saturated heterocycles. The van der Waals surface area contributed by atoms with E-state index in [1.807, 2.05) is 12.3 Å². The van der Waals surface area contributed by atoms with Gasteiger partial charge in [-0.1, -0.05) is 133 Å². The van der Waals surface area contributed by atoms with Crippen molar-refractivity contribution in [3.63, 3.8) is 0 Å². The average molecular weight is 804 g/mol. The van der Waals surface area contributed by atoms with Gasteiger partial charge in [-0.05, 0) is 107 Å². The van der Waals surface area contributed by atoms with Gasteiger partial charge < -0.3 is 9.13 Å². The molecule has 5 nitrogen and oxygen atoms in total. The van der Waals surface area contributed by atoms with E-state index in [1.165, 1.54) is 65.7 Å². The van der Waals surface area contributed by atoms with Crippen LogP contribution in [-0.4, -0.2) is 23.7 Å². The van der Waals surface area contributed by atoms with E-state index in [4.69, 9.17) is 9.97 Å². The zero-order valence-electron chi connectivity index (χ0n) is 34.1. The second-order valence-electron chi connectivity index (χ2n) is 16.2. The van der Waals surface area contributed by atoms with Crippen LogP contribution in [0, 0.1) is 0 Å². The maximum Gasteiger partial charge on any atom is 0.235 e. The molecule has 13 rings (SSSR count). The first kappa shape index (κ1) is 35.2. The molecule has 0 amide bonds. The van der Waals surface area contributed by atoms with Gasteiger partial charge in [0.05, 0.1) is 38.8 Å². The highest BCUT2D eigenvalue weighted by Crippen LogP contribution is 2.39. The summed E-state index contributed by atoms with van der Waals surface area (Å²) in [7, 11) is 0. The van der Waals surface area contributed by atoms with Crippen molar-refractivity contribution in [2.75, 3.05) is 0 Å². The summed E-state index contributed by atoms with van der Waals surface area (Å²) in [6, 6.07) is 78.3. The predicted octanol–water partition coefficient (Wildman–Crippen LogP) is 14.8. The molecule has 0 atom stereocenters. The Labute approximate surface area is 363 Å². The summed E-state index contributed by atoms with van der Waals surface area (Å²) < 4.78 is 6.91. The molecule has 0 aliphatic carbocycles. The number of hydrogen-bond donors (Lipinski definition) is 0. The lowest BCUT2D eigenvalue weighted by molar-refractivity contribution is 0.992. The van der Waals surface area contributed by atoms with Gasteiger partial charge in [-0.2, -0.15) is 0 Å². The van der Waals surface area contributed by atoms with Crippen LogP contribution in [0.1, 0.15) is 0 Å². The Balaban J connectivity index is 0.864. The summed E-state index contributed by atoms with van der Waals surface area (Å²) >= 11 is 0. The van der Waals surface area contributed by atoms with Crippen LogP contribution in [0.3, 0.4) is 0 Å². The zero-order chi connectivity index (χ0) is 41.4. The van der Waals surface area contributed by atoms with Crippen molar-refractivity contribution in [3.05, 3.63) is 225 Å². The fourth-order valence-electron chi connectivity index (χ4n) is 9.83. The summed E-state index contributed by atoms with van der Waals surface area (Å²) in [6.45, 7) is 0. The molecule has 4 heterocycles. The third-order valence-electron chi connectivity index (χ3n) is 12.7. The monoisotopic (exact) mass is 803 g/mol. The quantitative estimate of drug-likeness (QED) is 0.168. The first-order chi connectivity index (χ1) is 31.2. The molecule has 13 aromatic rings. The normalized spacial score (nSPS) is 11.8. The van der Waals surface area contributed by atoms with E-state index in [0.29, 0.717) is 5.95 Å². The molecule has 0 aliphatic rings. The molecule has 0 bridgehead atoms. The van der Waals surface area contributed by atoms with E-state index in [1.54, 1.807) is 0 Å². The predicted molar refractivity (Wildman–Crippen MR) is 261 cm³/mol. The average Bonchev–Trinajstić information content (AvgIpc) is 3.99. The van der Waals surface area contributed by atoms with Gasteiger partial charge in [0.15, 0.2) is 0 Å². The van der Waals surface area contributed by atoms with Crippen LogP contribution in [0.5, 0.6) is 0 Å². The zero-order valence-corrected chi connectivity index (χ0v) is 34.1. The van der Waals surface area contributed by atoms with Crippen molar-refractivity contribution in [1.82, 2.24) is 23.7 Å². The molecule has 0 spiro atoms. The standard InChI is InChI=1S/C58H37N5/c1-3-13-43(14-4-1)61-52-20-10-7-17-45(52)48-35-40(27-30-55(48)61)38-23-25-39(26-24-38)51-33-34-59-58(60-51)63-54-22-12-9-19-47(54)50-37-42(29-32-57(50)63)41-28-31-56-49(36-41)46-18-8-11-21-53(46)62(56)44-15-5-2-6-16-44/h1-37H.